The normalized spacial score (nSPS) is 11.8. The predicted molar refractivity (Wildman–Crippen MR) is 178 cm³/mol. The van der Waals surface area contributed by atoms with Gasteiger partial charge in [-0.05, 0) is 85.6 Å². The summed E-state index contributed by atoms with van der Waals surface area (Å²) in [4.78, 5) is 29.1. The molecule has 0 saturated heterocycles. The molecule has 8 nitrogen and oxygen atoms in total. The number of likely N-dealkylation sites (N-methyl/N-ethyl adjacent to an activating group) is 1. The van der Waals surface area contributed by atoms with Gasteiger partial charge in [-0.25, -0.2) is 12.8 Å². The number of hydrogen-bond acceptors (Lipinski definition) is 5. The first-order valence-corrected chi connectivity index (χ1v) is 16.8. The Morgan fingerprint density at radius 2 is 1.54 bits per heavy atom. The Labute approximate surface area is 278 Å². The monoisotopic (exact) mass is 685 g/mol. The molecule has 0 radical (unpaired) electrons. The molecular weight excluding hydrogens is 652 g/mol. The van der Waals surface area contributed by atoms with Crippen LogP contribution in [-0.4, -0.2) is 50.9 Å². The first kappa shape index (κ1) is 34.7. The van der Waals surface area contributed by atoms with E-state index in [1.54, 1.807) is 37.3 Å². The Balaban J connectivity index is 1.80. The van der Waals surface area contributed by atoms with Crippen molar-refractivity contribution in [1.29, 1.82) is 0 Å². The first-order valence-electron chi connectivity index (χ1n) is 14.6. The van der Waals surface area contributed by atoms with Crippen LogP contribution >= 0.6 is 23.2 Å². The van der Waals surface area contributed by atoms with Crippen molar-refractivity contribution >= 4 is 50.7 Å². The van der Waals surface area contributed by atoms with E-state index in [2.05, 4.69) is 5.32 Å². The van der Waals surface area contributed by atoms with Gasteiger partial charge in [-0.2, -0.15) is 0 Å². The fourth-order valence-corrected chi connectivity index (χ4v) is 6.55. The van der Waals surface area contributed by atoms with Crippen molar-refractivity contribution in [2.75, 3.05) is 24.0 Å². The fourth-order valence-electron chi connectivity index (χ4n) is 4.82. The van der Waals surface area contributed by atoms with Crippen LogP contribution in [0.15, 0.2) is 102 Å². The van der Waals surface area contributed by atoms with Crippen molar-refractivity contribution in [2.45, 2.75) is 37.8 Å². The van der Waals surface area contributed by atoms with Crippen LogP contribution in [0.3, 0.4) is 0 Å². The van der Waals surface area contributed by atoms with Gasteiger partial charge in [0.05, 0.1) is 27.2 Å². The minimum Gasteiger partial charge on any atom is -0.494 e. The van der Waals surface area contributed by atoms with E-state index < -0.39 is 40.2 Å². The molecule has 46 heavy (non-hydrogen) atoms. The topological polar surface area (TPSA) is 96.0 Å². The molecule has 242 valence electrons. The van der Waals surface area contributed by atoms with E-state index in [-0.39, 0.29) is 28.6 Å². The van der Waals surface area contributed by atoms with Gasteiger partial charge in [0.2, 0.25) is 11.8 Å². The van der Waals surface area contributed by atoms with E-state index in [4.69, 9.17) is 27.9 Å². The first-order chi connectivity index (χ1) is 22.0. The van der Waals surface area contributed by atoms with Crippen molar-refractivity contribution in [3.8, 4) is 5.75 Å². The number of ether oxygens (including phenoxy) is 1. The van der Waals surface area contributed by atoms with Gasteiger partial charge in [0.15, 0.2) is 0 Å². The van der Waals surface area contributed by atoms with Crippen molar-refractivity contribution in [3.63, 3.8) is 0 Å². The number of hydrogen-bond donors (Lipinski definition) is 1. The van der Waals surface area contributed by atoms with E-state index in [9.17, 15) is 22.4 Å². The minimum absolute atomic E-state index is 0.0714. The highest BCUT2D eigenvalue weighted by atomic mass is 35.5. The number of carbonyl (C=O) groups is 2. The lowest BCUT2D eigenvalue weighted by molar-refractivity contribution is -0.140. The van der Waals surface area contributed by atoms with E-state index in [0.29, 0.717) is 29.5 Å². The molecule has 0 bridgehead atoms. The van der Waals surface area contributed by atoms with Crippen molar-refractivity contribution in [3.05, 3.63) is 124 Å². The fraction of sp³-hybridized carbons (Fsp3) is 0.235. The summed E-state index contributed by atoms with van der Waals surface area (Å²) in [5.74, 6) is -1.16. The van der Waals surface area contributed by atoms with Gasteiger partial charge in [-0.15, -0.1) is 0 Å². The molecule has 0 heterocycles. The molecule has 12 heteroatoms. The second-order valence-electron chi connectivity index (χ2n) is 10.3. The van der Waals surface area contributed by atoms with Crippen LogP contribution in [0.2, 0.25) is 10.0 Å². The lowest BCUT2D eigenvalue weighted by Gasteiger charge is -2.34. The number of halogens is 3. The van der Waals surface area contributed by atoms with Crippen LogP contribution in [0.25, 0.3) is 0 Å². The standard InChI is InChI=1S/C34H34Cl2FN3O5S/c1-3-38-34(42)32(21-24-8-6-5-7-9-24)39(22-25-10-19-30(35)31(36)20-25)33(41)23-40(27-13-15-28(16-14-27)45-4-2)46(43,44)29-17-11-26(37)12-18-29/h5-20,32H,3-4,21-23H2,1-2H3,(H,38,42)/t32-/m0/s1. The second kappa shape index (κ2) is 15.9. The zero-order valence-corrected chi connectivity index (χ0v) is 27.7. The molecule has 0 saturated carbocycles. The summed E-state index contributed by atoms with van der Waals surface area (Å²) in [5, 5.41) is 3.39. The minimum atomic E-state index is -4.39. The molecule has 2 amide bonds. The number of benzene rings is 4. The summed E-state index contributed by atoms with van der Waals surface area (Å²) >= 11 is 12.4. The SMILES string of the molecule is CCNC(=O)[C@H](Cc1ccccc1)N(Cc1ccc(Cl)c(Cl)c1)C(=O)CN(c1ccc(OCC)cc1)S(=O)(=O)c1ccc(F)cc1. The van der Waals surface area contributed by atoms with Gasteiger partial charge in [0, 0.05) is 19.5 Å². The van der Waals surface area contributed by atoms with Crippen LogP contribution in [0.4, 0.5) is 10.1 Å². The highest BCUT2D eigenvalue weighted by molar-refractivity contribution is 7.92. The Kier molecular flexibility index (Phi) is 12.0. The predicted octanol–water partition coefficient (Wildman–Crippen LogP) is 6.50. The third-order valence-electron chi connectivity index (χ3n) is 7.08. The van der Waals surface area contributed by atoms with Crippen LogP contribution in [0.1, 0.15) is 25.0 Å². The average Bonchev–Trinajstić information content (AvgIpc) is 3.04. The van der Waals surface area contributed by atoms with Crippen LogP contribution in [0.5, 0.6) is 5.75 Å². The molecule has 0 spiro atoms. The van der Waals surface area contributed by atoms with Crippen molar-refractivity contribution < 1.29 is 27.1 Å². The molecule has 4 aromatic rings. The number of nitrogens with zero attached hydrogens (tertiary/aromatic N) is 2. The molecule has 0 aliphatic rings. The average molecular weight is 687 g/mol. The second-order valence-corrected chi connectivity index (χ2v) is 12.9. The van der Waals surface area contributed by atoms with E-state index in [1.165, 1.54) is 17.0 Å². The number of carbonyl (C=O) groups excluding carboxylic acids is 2. The Morgan fingerprint density at radius 3 is 2.15 bits per heavy atom. The maximum absolute atomic E-state index is 14.4. The largest absolute Gasteiger partial charge is 0.494 e. The lowest BCUT2D eigenvalue weighted by atomic mass is 10.0. The Hall–Kier alpha value is -4.12. The number of anilines is 1. The zero-order valence-electron chi connectivity index (χ0n) is 25.3. The Morgan fingerprint density at radius 1 is 0.870 bits per heavy atom. The summed E-state index contributed by atoms with van der Waals surface area (Å²) in [7, 11) is -4.39. The summed E-state index contributed by atoms with van der Waals surface area (Å²) in [6.45, 7) is 3.57. The summed E-state index contributed by atoms with van der Waals surface area (Å²) < 4.78 is 48.3. The number of amides is 2. The van der Waals surface area contributed by atoms with Crippen LogP contribution in [0, 0.1) is 5.82 Å². The van der Waals surface area contributed by atoms with Crippen LogP contribution < -0.4 is 14.4 Å². The van der Waals surface area contributed by atoms with Gasteiger partial charge >= 0.3 is 0 Å². The molecule has 0 aliphatic heterocycles. The molecule has 4 rings (SSSR count). The summed E-state index contributed by atoms with van der Waals surface area (Å²) in [6, 6.07) is 23.6. The van der Waals surface area contributed by atoms with Gasteiger partial charge in [-0.3, -0.25) is 13.9 Å². The number of sulfonamides is 1. The lowest BCUT2D eigenvalue weighted by Crippen LogP contribution is -2.53. The summed E-state index contributed by atoms with van der Waals surface area (Å²) in [6.07, 6.45) is 0.160. The molecule has 0 unspecified atom stereocenters. The third-order valence-corrected chi connectivity index (χ3v) is 9.60. The van der Waals surface area contributed by atoms with Crippen molar-refractivity contribution in [2.24, 2.45) is 0 Å². The summed E-state index contributed by atoms with van der Waals surface area (Å²) in [5.41, 5.74) is 1.56. The van der Waals surface area contributed by atoms with Gasteiger partial charge in [0.1, 0.15) is 24.2 Å². The molecule has 4 aromatic carbocycles. The number of nitrogens with one attached hydrogen (secondary N) is 1. The van der Waals surface area contributed by atoms with Gasteiger partial charge in [-0.1, -0.05) is 59.6 Å². The van der Waals surface area contributed by atoms with Gasteiger partial charge in [0.25, 0.3) is 10.0 Å². The highest BCUT2D eigenvalue weighted by Gasteiger charge is 2.34. The van der Waals surface area contributed by atoms with Crippen molar-refractivity contribution in [1.82, 2.24) is 10.2 Å². The van der Waals surface area contributed by atoms with E-state index in [1.807, 2.05) is 37.3 Å². The third kappa shape index (κ3) is 8.78. The Bertz CT molecular complexity index is 1740. The van der Waals surface area contributed by atoms with Crippen LogP contribution in [-0.2, 0) is 32.6 Å². The van der Waals surface area contributed by atoms with E-state index in [0.717, 1.165) is 34.1 Å². The molecule has 1 atom stereocenters. The number of rotatable bonds is 14. The highest BCUT2D eigenvalue weighted by Crippen LogP contribution is 2.28. The molecule has 0 fully saturated rings. The zero-order chi connectivity index (χ0) is 33.3. The molecular formula is C34H34Cl2FN3O5S. The van der Waals surface area contributed by atoms with E-state index >= 15 is 0 Å². The molecule has 0 aromatic heterocycles. The molecule has 1 N–H and O–H groups in total. The maximum Gasteiger partial charge on any atom is 0.264 e. The van der Waals surface area contributed by atoms with Gasteiger partial charge < -0.3 is 15.0 Å². The quantitative estimate of drug-likeness (QED) is 0.163. The smallest absolute Gasteiger partial charge is 0.264 e. The maximum atomic E-state index is 14.4. The molecule has 0 aliphatic carbocycles.